The van der Waals surface area contributed by atoms with Crippen LogP contribution in [0.1, 0.15) is 38.2 Å². The minimum absolute atomic E-state index is 0.0519. The zero-order valence-electron chi connectivity index (χ0n) is 16.2. The number of carbonyl (C=O) groups is 1. The fraction of sp³-hybridized carbons (Fsp3) is 0.600. The molecule has 1 aliphatic carbocycles. The highest BCUT2D eigenvalue weighted by Crippen LogP contribution is 2.36. The number of thioether (sulfide) groups is 1. The van der Waals surface area contributed by atoms with Crippen molar-refractivity contribution in [2.45, 2.75) is 49.9 Å². The van der Waals surface area contributed by atoms with Crippen LogP contribution in [0.3, 0.4) is 0 Å². The number of nitrogens with one attached hydrogen (secondary N) is 3. The van der Waals surface area contributed by atoms with Gasteiger partial charge in [0.2, 0.25) is 0 Å². The highest BCUT2D eigenvalue weighted by Gasteiger charge is 2.29. The largest absolute Gasteiger partial charge is 0.484 e. The van der Waals surface area contributed by atoms with Crippen molar-refractivity contribution >= 4 is 23.6 Å². The Labute approximate surface area is 165 Å². The summed E-state index contributed by atoms with van der Waals surface area (Å²) in [7, 11) is 1.79. The average Bonchev–Trinajstić information content (AvgIpc) is 3.38. The molecule has 1 aromatic carbocycles. The van der Waals surface area contributed by atoms with E-state index in [-0.39, 0.29) is 12.5 Å². The summed E-state index contributed by atoms with van der Waals surface area (Å²) in [5, 5.41) is 9.71. The second kappa shape index (κ2) is 9.35. The van der Waals surface area contributed by atoms with Crippen LogP contribution in [0.4, 0.5) is 0 Å². The second-order valence-corrected chi connectivity index (χ2v) is 9.14. The molecule has 0 bridgehead atoms. The lowest BCUT2D eigenvalue weighted by Gasteiger charge is -2.24. The van der Waals surface area contributed by atoms with Gasteiger partial charge in [-0.2, -0.15) is 11.8 Å². The van der Waals surface area contributed by atoms with Crippen LogP contribution in [-0.2, 0) is 11.3 Å². The number of guanidine groups is 1. The van der Waals surface area contributed by atoms with Gasteiger partial charge in [0, 0.05) is 30.9 Å². The molecule has 2 aliphatic rings. The Kier molecular flexibility index (Phi) is 6.88. The Morgan fingerprint density at radius 1 is 1.37 bits per heavy atom. The first-order valence-corrected chi connectivity index (χ1v) is 10.6. The molecule has 2 fully saturated rings. The molecule has 1 unspecified atom stereocenters. The van der Waals surface area contributed by atoms with Gasteiger partial charge in [0.25, 0.3) is 5.91 Å². The van der Waals surface area contributed by atoms with Gasteiger partial charge < -0.3 is 20.7 Å². The van der Waals surface area contributed by atoms with Gasteiger partial charge in [-0.15, -0.1) is 0 Å². The van der Waals surface area contributed by atoms with Gasteiger partial charge in [-0.05, 0) is 56.1 Å². The summed E-state index contributed by atoms with van der Waals surface area (Å²) in [5.74, 6) is 2.70. The fourth-order valence-electron chi connectivity index (χ4n) is 3.04. The van der Waals surface area contributed by atoms with Gasteiger partial charge in [0.15, 0.2) is 12.6 Å². The van der Waals surface area contributed by atoms with Crippen molar-refractivity contribution in [3.63, 3.8) is 0 Å². The molecule has 0 radical (unpaired) electrons. The standard InChI is InChI=1S/C20H30N4O2S/c1-20(9-4-10-27-20)14-23-19(21-2)22-12-15-5-3-6-17(11-15)26-13-18(25)24-16-7-8-16/h3,5-6,11,16H,4,7-10,12-14H2,1-2H3,(H,24,25)(H2,21,22,23). The van der Waals surface area contributed by atoms with E-state index in [0.29, 0.717) is 23.1 Å². The number of benzene rings is 1. The van der Waals surface area contributed by atoms with E-state index >= 15 is 0 Å². The van der Waals surface area contributed by atoms with Gasteiger partial charge in [-0.3, -0.25) is 9.79 Å². The summed E-state index contributed by atoms with van der Waals surface area (Å²) >= 11 is 2.03. The molecule has 1 saturated carbocycles. The Morgan fingerprint density at radius 2 is 2.22 bits per heavy atom. The van der Waals surface area contributed by atoms with E-state index in [4.69, 9.17) is 4.74 Å². The molecule has 3 N–H and O–H groups in total. The number of hydrogen-bond donors (Lipinski definition) is 3. The maximum atomic E-state index is 11.7. The molecular formula is C20H30N4O2S. The number of ether oxygens (including phenoxy) is 1. The van der Waals surface area contributed by atoms with Crippen LogP contribution in [-0.4, -0.2) is 48.6 Å². The Hall–Kier alpha value is -1.89. The van der Waals surface area contributed by atoms with Crippen LogP contribution in [0.25, 0.3) is 0 Å². The Balaban J connectivity index is 1.43. The van der Waals surface area contributed by atoms with Crippen LogP contribution < -0.4 is 20.7 Å². The molecule has 1 aromatic rings. The summed E-state index contributed by atoms with van der Waals surface area (Å²) < 4.78 is 5.91. The van der Waals surface area contributed by atoms with E-state index in [1.807, 2.05) is 36.0 Å². The minimum atomic E-state index is -0.0519. The molecule has 0 spiro atoms. The quantitative estimate of drug-likeness (QED) is 0.469. The molecule has 0 aromatic heterocycles. The molecule has 6 nitrogen and oxygen atoms in total. The highest BCUT2D eigenvalue weighted by atomic mass is 32.2. The predicted octanol–water partition coefficient (Wildman–Crippen LogP) is 2.29. The fourth-order valence-corrected chi connectivity index (χ4v) is 4.29. The van der Waals surface area contributed by atoms with Gasteiger partial charge in [0.05, 0.1) is 0 Å². The van der Waals surface area contributed by atoms with Crippen LogP contribution in [0.15, 0.2) is 29.3 Å². The van der Waals surface area contributed by atoms with E-state index in [0.717, 1.165) is 30.9 Å². The summed E-state index contributed by atoms with van der Waals surface area (Å²) in [6.45, 7) is 3.93. The topological polar surface area (TPSA) is 74.8 Å². The third kappa shape index (κ3) is 6.65. The monoisotopic (exact) mass is 390 g/mol. The first-order chi connectivity index (χ1) is 13.1. The van der Waals surface area contributed by atoms with Gasteiger partial charge in [-0.25, -0.2) is 0 Å². The van der Waals surface area contributed by atoms with E-state index < -0.39 is 0 Å². The first-order valence-electron chi connectivity index (χ1n) is 9.66. The van der Waals surface area contributed by atoms with Crippen LogP contribution in [0, 0.1) is 0 Å². The third-order valence-electron chi connectivity index (χ3n) is 4.82. The van der Waals surface area contributed by atoms with Gasteiger partial charge >= 0.3 is 0 Å². The van der Waals surface area contributed by atoms with Crippen molar-refractivity contribution in [2.75, 3.05) is 26.0 Å². The van der Waals surface area contributed by atoms with Gasteiger partial charge in [0.1, 0.15) is 5.75 Å². The lowest BCUT2D eigenvalue weighted by atomic mass is 10.1. The van der Waals surface area contributed by atoms with Gasteiger partial charge in [-0.1, -0.05) is 12.1 Å². The van der Waals surface area contributed by atoms with Crippen molar-refractivity contribution in [3.05, 3.63) is 29.8 Å². The molecule has 1 saturated heterocycles. The second-order valence-electron chi connectivity index (χ2n) is 7.46. The van der Waals surface area contributed by atoms with Crippen LogP contribution in [0.5, 0.6) is 5.75 Å². The smallest absolute Gasteiger partial charge is 0.258 e. The number of nitrogens with zero attached hydrogens (tertiary/aromatic N) is 1. The van der Waals surface area contributed by atoms with Crippen molar-refractivity contribution in [3.8, 4) is 5.75 Å². The van der Waals surface area contributed by atoms with E-state index in [1.54, 1.807) is 7.05 Å². The van der Waals surface area contributed by atoms with Crippen molar-refractivity contribution in [1.82, 2.24) is 16.0 Å². The molecule has 1 atom stereocenters. The third-order valence-corrected chi connectivity index (χ3v) is 6.36. The maximum Gasteiger partial charge on any atom is 0.258 e. The van der Waals surface area contributed by atoms with E-state index in [1.165, 1.54) is 18.6 Å². The summed E-state index contributed by atoms with van der Waals surface area (Å²) in [6, 6.07) is 8.17. The predicted molar refractivity (Wildman–Crippen MR) is 111 cm³/mol. The van der Waals surface area contributed by atoms with Crippen molar-refractivity contribution in [1.29, 1.82) is 0 Å². The summed E-state index contributed by atoms with van der Waals surface area (Å²) in [5.41, 5.74) is 1.08. The highest BCUT2D eigenvalue weighted by molar-refractivity contribution is 8.00. The Morgan fingerprint density at radius 3 is 2.93 bits per heavy atom. The number of aliphatic imine (C=N–C) groups is 1. The normalized spacial score (nSPS) is 22.4. The molecule has 7 heteroatoms. The molecule has 148 valence electrons. The molecule has 1 amide bonds. The zero-order chi connectivity index (χ0) is 19.1. The molecule has 27 heavy (non-hydrogen) atoms. The average molecular weight is 391 g/mol. The maximum absolute atomic E-state index is 11.7. The minimum Gasteiger partial charge on any atom is -0.484 e. The summed E-state index contributed by atoms with van der Waals surface area (Å²) in [4.78, 5) is 16.0. The lowest BCUT2D eigenvalue weighted by Crippen LogP contribution is -2.43. The van der Waals surface area contributed by atoms with Crippen LogP contribution in [0.2, 0.25) is 0 Å². The number of hydrogen-bond acceptors (Lipinski definition) is 4. The lowest BCUT2D eigenvalue weighted by molar-refractivity contribution is -0.123. The number of amides is 1. The van der Waals surface area contributed by atoms with E-state index in [9.17, 15) is 4.79 Å². The number of carbonyl (C=O) groups excluding carboxylic acids is 1. The van der Waals surface area contributed by atoms with Crippen LogP contribution >= 0.6 is 11.8 Å². The molecule has 1 aliphatic heterocycles. The van der Waals surface area contributed by atoms with Crippen molar-refractivity contribution in [2.24, 2.45) is 4.99 Å². The summed E-state index contributed by atoms with van der Waals surface area (Å²) in [6.07, 6.45) is 4.70. The molecular weight excluding hydrogens is 360 g/mol. The molecule has 3 rings (SSSR count). The Bertz CT molecular complexity index is 670. The SMILES string of the molecule is CN=C(NCc1cccc(OCC(=O)NC2CC2)c1)NCC1(C)CCCS1. The first kappa shape index (κ1) is 19.9. The number of rotatable bonds is 8. The van der Waals surface area contributed by atoms with E-state index in [2.05, 4.69) is 27.9 Å². The van der Waals surface area contributed by atoms with Crippen molar-refractivity contribution < 1.29 is 9.53 Å². The molecule has 1 heterocycles. The zero-order valence-corrected chi connectivity index (χ0v) is 17.0.